The number of nitro benzene ring substituents is 1. The lowest BCUT2D eigenvalue weighted by Gasteiger charge is -2.09. The van der Waals surface area contributed by atoms with E-state index in [0.29, 0.717) is 16.9 Å². The van der Waals surface area contributed by atoms with Crippen LogP contribution in [0.1, 0.15) is 11.1 Å². The molecule has 0 atom stereocenters. The number of aryl methyl sites for hydroxylation is 1. The number of sulfonamides is 1. The van der Waals surface area contributed by atoms with Crippen molar-refractivity contribution in [3.8, 4) is 0 Å². The molecule has 3 aromatic rings. The number of nitrogens with one attached hydrogen (secondary N) is 2. The van der Waals surface area contributed by atoms with Crippen LogP contribution < -0.4 is 10.0 Å². The Kier molecular flexibility index (Phi) is 6.46. The van der Waals surface area contributed by atoms with E-state index >= 15 is 0 Å². The van der Waals surface area contributed by atoms with Gasteiger partial charge in [-0.1, -0.05) is 24.3 Å². The van der Waals surface area contributed by atoms with Crippen molar-refractivity contribution in [1.29, 1.82) is 0 Å². The summed E-state index contributed by atoms with van der Waals surface area (Å²) >= 11 is 0. The third-order valence-electron chi connectivity index (χ3n) is 4.21. The van der Waals surface area contributed by atoms with Crippen molar-refractivity contribution in [3.05, 3.63) is 100 Å². The summed E-state index contributed by atoms with van der Waals surface area (Å²) < 4.78 is 27.6. The van der Waals surface area contributed by atoms with Crippen molar-refractivity contribution < 1.29 is 18.1 Å². The quantitative estimate of drug-likeness (QED) is 0.323. The van der Waals surface area contributed by atoms with Gasteiger partial charge in [0, 0.05) is 29.6 Å². The Morgan fingerprint density at radius 1 is 0.968 bits per heavy atom. The van der Waals surface area contributed by atoms with Gasteiger partial charge in [-0.15, -0.1) is 0 Å². The van der Waals surface area contributed by atoms with Gasteiger partial charge in [-0.25, -0.2) is 8.42 Å². The minimum atomic E-state index is -3.76. The maximum Gasteiger partial charge on any atom is 0.270 e. The molecule has 0 aliphatic rings. The number of non-ortho nitro benzene ring substituents is 1. The Morgan fingerprint density at radius 3 is 2.35 bits per heavy atom. The van der Waals surface area contributed by atoms with Crippen LogP contribution in [0.25, 0.3) is 6.08 Å². The molecule has 0 aliphatic heterocycles. The number of amides is 1. The molecular weight excluding hydrogens is 418 g/mol. The lowest BCUT2D eigenvalue weighted by atomic mass is 10.2. The summed E-state index contributed by atoms with van der Waals surface area (Å²) in [6, 6.07) is 18.6. The highest BCUT2D eigenvalue weighted by molar-refractivity contribution is 7.92. The van der Waals surface area contributed by atoms with Crippen LogP contribution in [0, 0.1) is 17.0 Å². The first-order valence-electron chi connectivity index (χ1n) is 9.16. The van der Waals surface area contributed by atoms with Crippen LogP contribution in [0.2, 0.25) is 0 Å². The highest BCUT2D eigenvalue weighted by atomic mass is 32.2. The van der Waals surface area contributed by atoms with Gasteiger partial charge in [-0.05, 0) is 60.5 Å². The Bertz CT molecular complexity index is 1250. The number of nitrogens with zero attached hydrogens (tertiary/aromatic N) is 1. The molecule has 0 aliphatic carbocycles. The Hall–Kier alpha value is -3.98. The maximum atomic E-state index is 12.5. The molecule has 158 valence electrons. The fourth-order valence-electron chi connectivity index (χ4n) is 2.74. The molecule has 0 saturated carbocycles. The molecule has 3 rings (SSSR count). The molecule has 0 bridgehead atoms. The van der Waals surface area contributed by atoms with Crippen molar-refractivity contribution in [1.82, 2.24) is 0 Å². The molecule has 1 amide bonds. The van der Waals surface area contributed by atoms with Crippen molar-refractivity contribution in [2.24, 2.45) is 0 Å². The second-order valence-electron chi connectivity index (χ2n) is 6.67. The van der Waals surface area contributed by atoms with Gasteiger partial charge in [0.25, 0.3) is 15.7 Å². The molecule has 0 heterocycles. The number of carbonyl (C=O) groups is 1. The van der Waals surface area contributed by atoms with E-state index < -0.39 is 20.9 Å². The fourth-order valence-corrected chi connectivity index (χ4v) is 3.79. The summed E-state index contributed by atoms with van der Waals surface area (Å²) in [5, 5.41) is 13.4. The first kappa shape index (κ1) is 21.7. The van der Waals surface area contributed by atoms with Crippen LogP contribution in [0.5, 0.6) is 0 Å². The van der Waals surface area contributed by atoms with E-state index in [1.807, 2.05) is 13.0 Å². The third-order valence-corrected chi connectivity index (χ3v) is 5.61. The molecule has 0 unspecified atom stereocenters. The molecule has 9 heteroatoms. The molecule has 0 saturated heterocycles. The van der Waals surface area contributed by atoms with E-state index in [1.54, 1.807) is 24.3 Å². The first-order chi connectivity index (χ1) is 14.7. The van der Waals surface area contributed by atoms with Crippen LogP contribution in [0.4, 0.5) is 17.1 Å². The fraction of sp³-hybridized carbons (Fsp3) is 0.0455. The predicted octanol–water partition coefficient (Wildman–Crippen LogP) is 4.36. The van der Waals surface area contributed by atoms with Gasteiger partial charge in [0.1, 0.15) is 0 Å². The number of anilines is 2. The van der Waals surface area contributed by atoms with E-state index in [9.17, 15) is 23.3 Å². The predicted molar refractivity (Wildman–Crippen MR) is 119 cm³/mol. The summed E-state index contributed by atoms with van der Waals surface area (Å²) in [4.78, 5) is 22.4. The molecule has 3 aromatic carbocycles. The number of rotatable bonds is 7. The largest absolute Gasteiger partial charge is 0.323 e. The van der Waals surface area contributed by atoms with Gasteiger partial charge in [0.15, 0.2) is 0 Å². The van der Waals surface area contributed by atoms with Crippen LogP contribution in [0.15, 0.2) is 83.8 Å². The topological polar surface area (TPSA) is 118 Å². The van der Waals surface area contributed by atoms with Gasteiger partial charge in [0.2, 0.25) is 5.91 Å². The third kappa shape index (κ3) is 6.00. The Morgan fingerprint density at radius 2 is 1.68 bits per heavy atom. The van der Waals surface area contributed by atoms with Gasteiger partial charge in [0.05, 0.1) is 9.82 Å². The van der Waals surface area contributed by atoms with E-state index in [-0.39, 0.29) is 10.6 Å². The maximum absolute atomic E-state index is 12.5. The van der Waals surface area contributed by atoms with E-state index in [1.165, 1.54) is 54.6 Å². The highest BCUT2D eigenvalue weighted by Crippen LogP contribution is 2.19. The van der Waals surface area contributed by atoms with Gasteiger partial charge in [-0.3, -0.25) is 19.6 Å². The van der Waals surface area contributed by atoms with Gasteiger partial charge in [-0.2, -0.15) is 0 Å². The zero-order valence-corrected chi connectivity index (χ0v) is 17.3. The second kappa shape index (κ2) is 9.23. The molecule has 0 radical (unpaired) electrons. The summed E-state index contributed by atoms with van der Waals surface area (Å²) in [7, 11) is -3.76. The summed E-state index contributed by atoms with van der Waals surface area (Å²) in [5.41, 5.74) is 2.23. The lowest BCUT2D eigenvalue weighted by molar-refractivity contribution is -0.384. The number of benzene rings is 3. The second-order valence-corrected chi connectivity index (χ2v) is 8.36. The molecule has 0 spiro atoms. The Labute approximate surface area is 179 Å². The normalized spacial score (nSPS) is 11.3. The average molecular weight is 437 g/mol. The van der Waals surface area contributed by atoms with Crippen LogP contribution in [-0.2, 0) is 14.8 Å². The number of hydrogen-bond acceptors (Lipinski definition) is 5. The molecular formula is C22H19N3O5S. The standard InChI is InChI=1S/C22H19N3O5S/c1-16-4-2-6-19(14-16)24-31(29,30)21-11-9-18(10-12-21)23-22(26)13-8-17-5-3-7-20(15-17)25(27)28/h2-15,24H,1H3,(H,23,26). The molecule has 0 fully saturated rings. The van der Waals surface area contributed by atoms with Crippen molar-refractivity contribution >= 4 is 39.1 Å². The van der Waals surface area contributed by atoms with Gasteiger partial charge >= 0.3 is 0 Å². The number of carbonyl (C=O) groups excluding carboxylic acids is 1. The smallest absolute Gasteiger partial charge is 0.270 e. The van der Waals surface area contributed by atoms with Crippen molar-refractivity contribution in [2.45, 2.75) is 11.8 Å². The van der Waals surface area contributed by atoms with Crippen LogP contribution in [0.3, 0.4) is 0 Å². The summed E-state index contributed by atoms with van der Waals surface area (Å²) in [5.74, 6) is -0.458. The van der Waals surface area contributed by atoms with E-state index in [0.717, 1.165) is 5.56 Å². The first-order valence-corrected chi connectivity index (χ1v) is 10.6. The molecule has 2 N–H and O–H groups in total. The number of nitro groups is 1. The monoisotopic (exact) mass is 437 g/mol. The number of hydrogen-bond donors (Lipinski definition) is 2. The van der Waals surface area contributed by atoms with Crippen molar-refractivity contribution in [3.63, 3.8) is 0 Å². The zero-order valence-electron chi connectivity index (χ0n) is 16.5. The molecule has 31 heavy (non-hydrogen) atoms. The van der Waals surface area contributed by atoms with Crippen LogP contribution in [-0.4, -0.2) is 19.2 Å². The Balaban J connectivity index is 1.65. The SMILES string of the molecule is Cc1cccc(NS(=O)(=O)c2ccc(NC(=O)C=Cc3cccc([N+](=O)[O-])c3)cc2)c1. The zero-order chi connectivity index (χ0) is 22.4. The average Bonchev–Trinajstić information content (AvgIpc) is 2.72. The van der Waals surface area contributed by atoms with Crippen molar-refractivity contribution in [2.75, 3.05) is 10.0 Å². The summed E-state index contributed by atoms with van der Waals surface area (Å²) in [6.45, 7) is 1.86. The molecule has 8 nitrogen and oxygen atoms in total. The summed E-state index contributed by atoms with van der Waals surface area (Å²) in [6.07, 6.45) is 2.69. The minimum absolute atomic E-state index is 0.0548. The highest BCUT2D eigenvalue weighted by Gasteiger charge is 2.14. The minimum Gasteiger partial charge on any atom is -0.323 e. The van der Waals surface area contributed by atoms with E-state index in [4.69, 9.17) is 0 Å². The molecule has 0 aromatic heterocycles. The van der Waals surface area contributed by atoms with E-state index in [2.05, 4.69) is 10.0 Å². The lowest BCUT2D eigenvalue weighted by Crippen LogP contribution is -2.13. The van der Waals surface area contributed by atoms with Crippen LogP contribution >= 0.6 is 0 Å². The van der Waals surface area contributed by atoms with Gasteiger partial charge < -0.3 is 5.32 Å².